The van der Waals surface area contributed by atoms with E-state index in [4.69, 9.17) is 11.6 Å². The van der Waals surface area contributed by atoms with Gasteiger partial charge in [-0.25, -0.2) is 18.7 Å². The van der Waals surface area contributed by atoms with Crippen molar-refractivity contribution in [2.24, 2.45) is 0 Å². The number of alkyl halides is 1. The maximum Gasteiger partial charge on any atom is 0.159 e. The van der Waals surface area contributed by atoms with Crippen molar-refractivity contribution >= 4 is 11.6 Å². The zero-order chi connectivity index (χ0) is 13.3. The average molecular weight is 269 g/mol. The minimum Gasteiger partial charge on any atom is -0.236 e. The van der Waals surface area contributed by atoms with Crippen molar-refractivity contribution in [1.29, 1.82) is 0 Å². The van der Waals surface area contributed by atoms with Crippen molar-refractivity contribution in [2.45, 2.75) is 19.2 Å². The molecule has 0 aliphatic heterocycles. The SMILES string of the molecule is Cc1nc(-c2ccc(F)c(F)c2)ncc1C(C)Cl. The van der Waals surface area contributed by atoms with Gasteiger partial charge in [0.25, 0.3) is 0 Å². The van der Waals surface area contributed by atoms with Gasteiger partial charge in [-0.1, -0.05) is 0 Å². The highest BCUT2D eigenvalue weighted by atomic mass is 35.5. The molecule has 0 saturated carbocycles. The second-order valence-corrected chi connectivity index (χ2v) is 4.63. The predicted molar refractivity (Wildman–Crippen MR) is 66.4 cm³/mol. The number of rotatable bonds is 2. The minimum atomic E-state index is -0.913. The van der Waals surface area contributed by atoms with Gasteiger partial charge >= 0.3 is 0 Å². The van der Waals surface area contributed by atoms with E-state index in [0.717, 1.165) is 23.4 Å². The van der Waals surface area contributed by atoms with E-state index in [9.17, 15) is 8.78 Å². The molecule has 1 aromatic heterocycles. The molecule has 1 atom stereocenters. The molecule has 2 nitrogen and oxygen atoms in total. The van der Waals surface area contributed by atoms with Gasteiger partial charge in [-0.3, -0.25) is 0 Å². The molecule has 0 aliphatic rings. The standard InChI is InChI=1S/C13H11ClF2N2/c1-7(14)10-6-17-13(18-8(10)2)9-3-4-11(15)12(16)5-9/h3-7H,1-2H3. The molecule has 0 N–H and O–H groups in total. The average Bonchev–Trinajstić information content (AvgIpc) is 2.32. The Labute approximate surface area is 109 Å². The fraction of sp³-hybridized carbons (Fsp3) is 0.231. The van der Waals surface area contributed by atoms with E-state index < -0.39 is 11.6 Å². The Morgan fingerprint density at radius 3 is 2.50 bits per heavy atom. The van der Waals surface area contributed by atoms with Crippen LogP contribution in [0, 0.1) is 18.6 Å². The zero-order valence-electron chi connectivity index (χ0n) is 9.92. The van der Waals surface area contributed by atoms with Crippen LogP contribution in [0.5, 0.6) is 0 Å². The van der Waals surface area contributed by atoms with Gasteiger partial charge < -0.3 is 0 Å². The van der Waals surface area contributed by atoms with Crippen molar-refractivity contribution in [3.63, 3.8) is 0 Å². The summed E-state index contributed by atoms with van der Waals surface area (Å²) >= 11 is 5.96. The van der Waals surface area contributed by atoms with Gasteiger partial charge in [0.05, 0.1) is 5.38 Å². The highest BCUT2D eigenvalue weighted by Crippen LogP contribution is 2.24. The van der Waals surface area contributed by atoms with Crippen LogP contribution in [0.4, 0.5) is 8.78 Å². The number of hydrogen-bond donors (Lipinski definition) is 0. The van der Waals surface area contributed by atoms with Crippen LogP contribution in [0.1, 0.15) is 23.6 Å². The van der Waals surface area contributed by atoms with E-state index in [2.05, 4.69) is 9.97 Å². The largest absolute Gasteiger partial charge is 0.236 e. The summed E-state index contributed by atoms with van der Waals surface area (Å²) in [6.45, 7) is 3.63. The maximum absolute atomic E-state index is 13.1. The quantitative estimate of drug-likeness (QED) is 0.769. The van der Waals surface area contributed by atoms with Gasteiger partial charge in [-0.05, 0) is 32.0 Å². The van der Waals surface area contributed by atoms with E-state index in [1.165, 1.54) is 6.07 Å². The molecule has 1 unspecified atom stereocenters. The summed E-state index contributed by atoms with van der Waals surface area (Å²) in [5.74, 6) is -1.45. The number of aromatic nitrogens is 2. The molecule has 0 saturated heterocycles. The lowest BCUT2D eigenvalue weighted by atomic mass is 10.1. The number of hydrogen-bond acceptors (Lipinski definition) is 2. The van der Waals surface area contributed by atoms with Gasteiger partial charge in [-0.15, -0.1) is 11.6 Å². The smallest absolute Gasteiger partial charge is 0.159 e. The van der Waals surface area contributed by atoms with Crippen molar-refractivity contribution in [3.8, 4) is 11.4 Å². The van der Waals surface area contributed by atoms with Crippen LogP contribution in [0.25, 0.3) is 11.4 Å². The van der Waals surface area contributed by atoms with E-state index in [1.54, 1.807) is 13.1 Å². The summed E-state index contributed by atoms with van der Waals surface area (Å²) in [5, 5.41) is -0.191. The predicted octanol–water partition coefficient (Wildman–Crippen LogP) is 4.03. The lowest BCUT2D eigenvalue weighted by Crippen LogP contribution is -1.99. The molecule has 0 aliphatic carbocycles. The van der Waals surface area contributed by atoms with Crippen molar-refractivity contribution in [3.05, 3.63) is 47.3 Å². The third-order valence-corrected chi connectivity index (χ3v) is 2.86. The van der Waals surface area contributed by atoms with Gasteiger partial charge in [-0.2, -0.15) is 0 Å². The molecule has 2 aromatic rings. The molecule has 0 amide bonds. The Bertz CT molecular complexity index is 585. The van der Waals surface area contributed by atoms with E-state index >= 15 is 0 Å². The van der Waals surface area contributed by atoms with Gasteiger partial charge in [0.1, 0.15) is 0 Å². The molecular weight excluding hydrogens is 258 g/mol. The Kier molecular flexibility index (Phi) is 3.57. The second kappa shape index (κ2) is 4.98. The Morgan fingerprint density at radius 1 is 1.22 bits per heavy atom. The number of nitrogens with zero attached hydrogens (tertiary/aromatic N) is 2. The van der Waals surface area contributed by atoms with Gasteiger partial charge in [0.2, 0.25) is 0 Å². The summed E-state index contributed by atoms with van der Waals surface area (Å²) in [4.78, 5) is 8.37. The van der Waals surface area contributed by atoms with Crippen molar-refractivity contribution in [1.82, 2.24) is 9.97 Å². The molecule has 1 aromatic carbocycles. The third-order valence-electron chi connectivity index (χ3n) is 2.62. The topological polar surface area (TPSA) is 25.8 Å². The first-order chi connectivity index (χ1) is 8.49. The summed E-state index contributed by atoms with van der Waals surface area (Å²) in [6.07, 6.45) is 1.61. The number of benzene rings is 1. The Hall–Kier alpha value is -1.55. The first-order valence-electron chi connectivity index (χ1n) is 5.42. The summed E-state index contributed by atoms with van der Waals surface area (Å²) in [7, 11) is 0. The van der Waals surface area contributed by atoms with E-state index in [0.29, 0.717) is 11.4 Å². The lowest BCUT2D eigenvalue weighted by Gasteiger charge is -2.08. The number of halogens is 3. The van der Waals surface area contributed by atoms with Crippen molar-refractivity contribution in [2.75, 3.05) is 0 Å². The van der Waals surface area contributed by atoms with E-state index in [1.807, 2.05) is 6.92 Å². The maximum atomic E-state index is 13.1. The van der Waals surface area contributed by atoms with Crippen LogP contribution in [0.15, 0.2) is 24.4 Å². The van der Waals surface area contributed by atoms with Crippen molar-refractivity contribution < 1.29 is 8.78 Å². The highest BCUT2D eigenvalue weighted by Gasteiger charge is 2.11. The first-order valence-corrected chi connectivity index (χ1v) is 5.85. The lowest BCUT2D eigenvalue weighted by molar-refractivity contribution is 0.509. The zero-order valence-corrected chi connectivity index (χ0v) is 10.7. The van der Waals surface area contributed by atoms with Crippen LogP contribution in [-0.4, -0.2) is 9.97 Å². The van der Waals surface area contributed by atoms with Crippen LogP contribution in [0.3, 0.4) is 0 Å². The Morgan fingerprint density at radius 2 is 1.94 bits per heavy atom. The molecule has 94 valence electrons. The number of aryl methyl sites for hydroxylation is 1. The molecule has 0 spiro atoms. The van der Waals surface area contributed by atoms with Crippen LogP contribution in [0.2, 0.25) is 0 Å². The third kappa shape index (κ3) is 2.48. The first kappa shape index (κ1) is 12.9. The molecule has 18 heavy (non-hydrogen) atoms. The van der Waals surface area contributed by atoms with Crippen LogP contribution < -0.4 is 0 Å². The fourth-order valence-corrected chi connectivity index (χ4v) is 1.86. The van der Waals surface area contributed by atoms with Gasteiger partial charge in [0, 0.05) is 23.0 Å². The monoisotopic (exact) mass is 268 g/mol. The molecule has 1 heterocycles. The molecular formula is C13H11ClF2N2. The second-order valence-electron chi connectivity index (χ2n) is 3.98. The molecule has 5 heteroatoms. The summed E-state index contributed by atoms with van der Waals surface area (Å²) in [5.41, 5.74) is 1.99. The molecule has 0 radical (unpaired) electrons. The van der Waals surface area contributed by atoms with Crippen LogP contribution >= 0.6 is 11.6 Å². The van der Waals surface area contributed by atoms with E-state index in [-0.39, 0.29) is 5.38 Å². The van der Waals surface area contributed by atoms with Crippen LogP contribution in [-0.2, 0) is 0 Å². The molecule has 2 rings (SSSR count). The molecule has 0 bridgehead atoms. The summed E-state index contributed by atoms with van der Waals surface area (Å²) in [6, 6.07) is 3.58. The summed E-state index contributed by atoms with van der Waals surface area (Å²) < 4.78 is 26.0. The fourth-order valence-electron chi connectivity index (χ4n) is 1.64. The minimum absolute atomic E-state index is 0.191. The Balaban J connectivity index is 2.45. The van der Waals surface area contributed by atoms with Gasteiger partial charge in [0.15, 0.2) is 17.5 Å². The highest BCUT2D eigenvalue weighted by molar-refractivity contribution is 6.20. The normalized spacial score (nSPS) is 12.5. The molecule has 0 fully saturated rings.